The van der Waals surface area contributed by atoms with E-state index < -0.39 is 5.82 Å². The normalized spacial score (nSPS) is 16.9. The summed E-state index contributed by atoms with van der Waals surface area (Å²) >= 11 is 0. The van der Waals surface area contributed by atoms with Crippen LogP contribution in [0.4, 0.5) is 21.7 Å². The first-order valence-corrected chi connectivity index (χ1v) is 13.6. The molecular formula is C30H30FN9O2. The van der Waals surface area contributed by atoms with Gasteiger partial charge in [-0.15, -0.1) is 5.10 Å². The Kier molecular flexibility index (Phi) is 7.11. The summed E-state index contributed by atoms with van der Waals surface area (Å²) in [5.74, 6) is 1.70. The summed E-state index contributed by atoms with van der Waals surface area (Å²) in [6.45, 7) is 8.74. The molecule has 2 aromatic carbocycles. The molecule has 2 N–H and O–H groups in total. The minimum Gasteiger partial charge on any atom is -0.457 e. The molecule has 11 nitrogen and oxygen atoms in total. The number of carbonyl (C=O) groups excluding carboxylic acids is 1. The number of benzene rings is 2. The van der Waals surface area contributed by atoms with Crippen molar-refractivity contribution in [1.82, 2.24) is 35.3 Å². The summed E-state index contributed by atoms with van der Waals surface area (Å²) in [6.07, 6.45) is 3.57. The number of pyridine rings is 1. The van der Waals surface area contributed by atoms with Gasteiger partial charge in [-0.1, -0.05) is 18.7 Å². The van der Waals surface area contributed by atoms with Crippen molar-refractivity contribution in [1.29, 1.82) is 0 Å². The van der Waals surface area contributed by atoms with Crippen molar-refractivity contribution in [3.8, 4) is 11.5 Å². The SMILES string of the molecule is C=CC(=O)N[C@H]1C[C@@H](C)CN(c2ccc3ncnc(Nc4ccc(Oc5ccc6c(c5)nnn6C)c(C)c4F)c3n2)C1. The second-order valence-electron chi connectivity index (χ2n) is 10.6. The van der Waals surface area contributed by atoms with Crippen LogP contribution in [0.3, 0.4) is 0 Å². The molecule has 0 aliphatic carbocycles. The highest BCUT2D eigenvalue weighted by atomic mass is 19.1. The van der Waals surface area contributed by atoms with Gasteiger partial charge in [0.25, 0.3) is 0 Å². The zero-order valence-electron chi connectivity index (χ0n) is 23.5. The molecule has 1 aliphatic rings. The molecule has 5 aromatic rings. The molecule has 1 amide bonds. The minimum absolute atomic E-state index is 0.0262. The number of piperidine rings is 1. The van der Waals surface area contributed by atoms with Gasteiger partial charge in [-0.3, -0.25) is 4.79 Å². The molecule has 1 aliphatic heterocycles. The maximum atomic E-state index is 15.6. The van der Waals surface area contributed by atoms with E-state index in [1.165, 1.54) is 12.4 Å². The Balaban J connectivity index is 1.25. The van der Waals surface area contributed by atoms with E-state index in [1.807, 2.05) is 25.2 Å². The summed E-state index contributed by atoms with van der Waals surface area (Å²) in [5, 5.41) is 14.2. The number of amides is 1. The van der Waals surface area contributed by atoms with Gasteiger partial charge in [0, 0.05) is 37.8 Å². The van der Waals surface area contributed by atoms with Gasteiger partial charge in [-0.05, 0) is 61.7 Å². The quantitative estimate of drug-likeness (QED) is 0.267. The molecule has 6 rings (SSSR count). The summed E-state index contributed by atoms with van der Waals surface area (Å²) in [5.41, 5.74) is 3.25. The predicted octanol–water partition coefficient (Wildman–Crippen LogP) is 4.81. The van der Waals surface area contributed by atoms with Crippen molar-refractivity contribution in [2.45, 2.75) is 26.3 Å². The maximum Gasteiger partial charge on any atom is 0.243 e. The Labute approximate surface area is 241 Å². The van der Waals surface area contributed by atoms with Crippen molar-refractivity contribution in [2.24, 2.45) is 13.0 Å². The third-order valence-electron chi connectivity index (χ3n) is 7.38. The van der Waals surface area contributed by atoms with E-state index in [9.17, 15) is 4.79 Å². The number of hydrogen-bond acceptors (Lipinski definition) is 9. The number of aromatic nitrogens is 6. The van der Waals surface area contributed by atoms with Crippen LogP contribution in [0.5, 0.6) is 11.5 Å². The van der Waals surface area contributed by atoms with Gasteiger partial charge in [-0.25, -0.2) is 24.0 Å². The predicted molar refractivity (Wildman–Crippen MR) is 158 cm³/mol. The summed E-state index contributed by atoms with van der Waals surface area (Å²) in [6, 6.07) is 12.5. The Hall–Kier alpha value is -5.13. The molecular weight excluding hydrogens is 537 g/mol. The van der Waals surface area contributed by atoms with Crippen LogP contribution in [0.25, 0.3) is 22.1 Å². The molecule has 0 spiro atoms. The van der Waals surface area contributed by atoms with Crippen LogP contribution in [0.2, 0.25) is 0 Å². The zero-order valence-corrected chi connectivity index (χ0v) is 23.5. The number of fused-ring (bicyclic) bond motifs is 2. The molecule has 214 valence electrons. The van der Waals surface area contributed by atoms with Crippen LogP contribution in [0, 0.1) is 18.7 Å². The van der Waals surface area contributed by atoms with Crippen LogP contribution in [0.15, 0.2) is 61.4 Å². The van der Waals surface area contributed by atoms with Gasteiger partial charge in [-0.2, -0.15) is 0 Å². The van der Waals surface area contributed by atoms with Gasteiger partial charge in [0.05, 0.1) is 16.7 Å². The van der Waals surface area contributed by atoms with E-state index in [0.717, 1.165) is 24.3 Å². The van der Waals surface area contributed by atoms with Crippen LogP contribution < -0.4 is 20.3 Å². The molecule has 1 saturated heterocycles. The smallest absolute Gasteiger partial charge is 0.243 e. The van der Waals surface area contributed by atoms with E-state index in [-0.39, 0.29) is 17.6 Å². The van der Waals surface area contributed by atoms with E-state index >= 15 is 4.39 Å². The Morgan fingerprint density at radius 1 is 1.14 bits per heavy atom. The average Bonchev–Trinajstić information content (AvgIpc) is 3.36. The molecule has 3 aromatic heterocycles. The fourth-order valence-electron chi connectivity index (χ4n) is 5.31. The third-order valence-corrected chi connectivity index (χ3v) is 7.38. The number of nitrogens with one attached hydrogen (secondary N) is 2. The van der Waals surface area contributed by atoms with Gasteiger partial charge < -0.3 is 20.3 Å². The van der Waals surface area contributed by atoms with E-state index in [2.05, 4.69) is 49.3 Å². The molecule has 0 saturated carbocycles. The van der Waals surface area contributed by atoms with Crippen LogP contribution >= 0.6 is 0 Å². The highest BCUT2D eigenvalue weighted by Gasteiger charge is 2.27. The monoisotopic (exact) mass is 567 g/mol. The van der Waals surface area contributed by atoms with Gasteiger partial charge in [0.1, 0.15) is 34.7 Å². The Bertz CT molecular complexity index is 1820. The van der Waals surface area contributed by atoms with Gasteiger partial charge in [0.15, 0.2) is 11.6 Å². The molecule has 42 heavy (non-hydrogen) atoms. The maximum absolute atomic E-state index is 15.6. The molecule has 0 unspecified atom stereocenters. The number of rotatable bonds is 7. The molecule has 0 radical (unpaired) electrons. The number of aryl methyl sites for hydroxylation is 1. The fraction of sp³-hybridized carbons (Fsp3) is 0.267. The van der Waals surface area contributed by atoms with E-state index in [0.29, 0.717) is 51.9 Å². The lowest BCUT2D eigenvalue weighted by Crippen LogP contribution is -2.50. The van der Waals surface area contributed by atoms with Gasteiger partial charge in [0.2, 0.25) is 5.91 Å². The largest absolute Gasteiger partial charge is 0.457 e. The zero-order chi connectivity index (χ0) is 29.4. The van der Waals surface area contributed by atoms with Crippen LogP contribution in [-0.2, 0) is 11.8 Å². The topological polar surface area (TPSA) is 123 Å². The number of carbonyl (C=O) groups is 1. The Morgan fingerprint density at radius 3 is 2.83 bits per heavy atom. The number of ether oxygens (including phenoxy) is 1. The van der Waals surface area contributed by atoms with Gasteiger partial charge >= 0.3 is 0 Å². The first kappa shape index (κ1) is 27.1. The highest BCUT2D eigenvalue weighted by Crippen LogP contribution is 2.34. The standard InChI is InChI=1S/C30H30FN9O2/c1-5-27(41)34-19-12-17(2)14-40(15-19)26-11-8-22-29(36-26)30(33-16-32-22)35-21-7-10-25(18(3)28(21)31)42-20-6-9-24-23(13-20)37-38-39(24)4/h5-11,13,16-17,19H,1,12,14-15H2,2-4H3,(H,34,41)(H,32,33,35)/t17-,19+/m1/s1. The van der Waals surface area contributed by atoms with E-state index in [1.54, 1.807) is 35.9 Å². The second-order valence-corrected chi connectivity index (χ2v) is 10.6. The van der Waals surface area contributed by atoms with Crippen molar-refractivity contribution >= 4 is 45.3 Å². The molecule has 1 fully saturated rings. The summed E-state index contributed by atoms with van der Waals surface area (Å²) in [4.78, 5) is 27.6. The molecule has 0 bridgehead atoms. The number of halogens is 1. The van der Waals surface area contributed by atoms with Crippen molar-refractivity contribution in [3.63, 3.8) is 0 Å². The number of anilines is 3. The number of nitrogens with zero attached hydrogens (tertiary/aromatic N) is 7. The lowest BCUT2D eigenvalue weighted by molar-refractivity contribution is -0.117. The summed E-state index contributed by atoms with van der Waals surface area (Å²) in [7, 11) is 1.81. The first-order chi connectivity index (χ1) is 20.3. The number of hydrogen-bond donors (Lipinski definition) is 2. The highest BCUT2D eigenvalue weighted by molar-refractivity contribution is 5.88. The minimum atomic E-state index is -0.471. The molecule has 2 atom stereocenters. The van der Waals surface area contributed by atoms with E-state index in [4.69, 9.17) is 9.72 Å². The van der Waals surface area contributed by atoms with Crippen LogP contribution in [0.1, 0.15) is 18.9 Å². The molecule has 4 heterocycles. The fourth-order valence-corrected chi connectivity index (χ4v) is 5.31. The van der Waals surface area contributed by atoms with Crippen LogP contribution in [-0.4, -0.2) is 55.0 Å². The average molecular weight is 568 g/mol. The Morgan fingerprint density at radius 2 is 2.00 bits per heavy atom. The lowest BCUT2D eigenvalue weighted by atomic mass is 9.96. The second kappa shape index (κ2) is 11.0. The summed E-state index contributed by atoms with van der Waals surface area (Å²) < 4.78 is 23.3. The van der Waals surface area contributed by atoms with Crippen molar-refractivity contribution in [2.75, 3.05) is 23.3 Å². The van der Waals surface area contributed by atoms with Crippen molar-refractivity contribution < 1.29 is 13.9 Å². The first-order valence-electron chi connectivity index (χ1n) is 13.6. The van der Waals surface area contributed by atoms with Crippen molar-refractivity contribution in [3.05, 3.63) is 72.8 Å². The lowest BCUT2D eigenvalue weighted by Gasteiger charge is -2.37. The molecule has 12 heteroatoms. The third kappa shape index (κ3) is 5.30.